The lowest BCUT2D eigenvalue weighted by atomic mass is 9.41. The number of carbonyl (C=O) groups is 2. The zero-order valence-electron chi connectivity index (χ0n) is 33.3. The highest BCUT2D eigenvalue weighted by Gasteiger charge is 2.58. The van der Waals surface area contributed by atoms with E-state index in [0.717, 1.165) is 45.8 Å². The monoisotopic (exact) mass is 716 g/mol. The molecule has 6 nitrogen and oxygen atoms in total. The van der Waals surface area contributed by atoms with E-state index in [1.165, 1.54) is 80.2 Å². The van der Waals surface area contributed by atoms with E-state index in [1.807, 2.05) is 36.4 Å². The van der Waals surface area contributed by atoms with Gasteiger partial charge >= 0.3 is 11.9 Å². The maximum absolute atomic E-state index is 11.6. The summed E-state index contributed by atoms with van der Waals surface area (Å²) in [6, 6.07) is 25.1. The van der Waals surface area contributed by atoms with E-state index in [9.17, 15) is 9.59 Å². The Balaban J connectivity index is 0.000000199. The highest BCUT2D eigenvalue weighted by molar-refractivity contribution is 5.71. The largest absolute Gasteiger partial charge is 0.497 e. The van der Waals surface area contributed by atoms with Crippen molar-refractivity contribution in [3.63, 3.8) is 0 Å². The lowest BCUT2D eigenvalue weighted by molar-refractivity contribution is -0.132. The van der Waals surface area contributed by atoms with Gasteiger partial charge in [0.15, 0.2) is 0 Å². The summed E-state index contributed by atoms with van der Waals surface area (Å²) in [7, 11) is 3.44. The number of carbonyl (C=O) groups excluding carboxylic acids is 2. The molecule has 0 radical (unpaired) electrons. The molecule has 4 aliphatic carbocycles. The van der Waals surface area contributed by atoms with Crippen LogP contribution in [0.5, 0.6) is 23.0 Å². The molecule has 280 valence electrons. The number of hydrogen-bond donors (Lipinski definition) is 0. The van der Waals surface area contributed by atoms with Crippen LogP contribution in [0.1, 0.15) is 111 Å². The van der Waals surface area contributed by atoms with Gasteiger partial charge in [-0.3, -0.25) is 9.59 Å². The molecular formula is C47H56O6. The van der Waals surface area contributed by atoms with Gasteiger partial charge < -0.3 is 18.9 Å². The van der Waals surface area contributed by atoms with Crippen LogP contribution >= 0.6 is 0 Å². The lowest BCUT2D eigenvalue weighted by Crippen LogP contribution is -2.56. The first-order chi connectivity index (χ1) is 25.1. The molecule has 0 N–H and O–H groups in total. The Morgan fingerprint density at radius 1 is 0.585 bits per heavy atom. The second kappa shape index (κ2) is 14.7. The number of hydrogen-bond acceptors (Lipinski definition) is 6. The first-order valence-corrected chi connectivity index (χ1v) is 19.0. The zero-order chi connectivity index (χ0) is 38.3. The molecule has 6 heteroatoms. The lowest BCUT2D eigenvalue weighted by Gasteiger charge is -2.63. The molecule has 8 rings (SSSR count). The maximum atomic E-state index is 11.6. The summed E-state index contributed by atoms with van der Waals surface area (Å²) in [5.41, 5.74) is 10.4. The topological polar surface area (TPSA) is 71.1 Å². The standard InChI is InChI=1S/C29H36O3.C18H20O3/c1-17-7-24(8-18(2)26(17)31-6)28-12-22-11-23(13-28)15-29(14-22,16-28)25-9-19(3)27(20(4)10-25)32-21(5)30;1-13(19)21-17-11-7-15(8-12-17)18(2,3)14-5-9-16(20-4)10-6-14/h7-10,22-23H,11-16H2,1-6H3;5-12H,1-4H3. The number of ether oxygens (including phenoxy) is 4. The highest BCUT2D eigenvalue weighted by atomic mass is 16.5. The summed E-state index contributed by atoms with van der Waals surface area (Å²) in [6.07, 6.45) is 7.85. The third-order valence-corrected chi connectivity index (χ3v) is 12.3. The van der Waals surface area contributed by atoms with Crippen molar-refractivity contribution in [2.45, 2.75) is 110 Å². The minimum absolute atomic E-state index is 0.138. The van der Waals surface area contributed by atoms with Gasteiger partial charge in [-0.2, -0.15) is 0 Å². The molecule has 4 saturated carbocycles. The van der Waals surface area contributed by atoms with Gasteiger partial charge in [-0.25, -0.2) is 0 Å². The smallest absolute Gasteiger partial charge is 0.308 e. The quantitative estimate of drug-likeness (QED) is 0.134. The Labute approximate surface area is 316 Å². The minimum Gasteiger partial charge on any atom is -0.497 e. The van der Waals surface area contributed by atoms with Crippen LogP contribution in [0.2, 0.25) is 0 Å². The molecule has 4 aliphatic rings. The van der Waals surface area contributed by atoms with Crippen molar-refractivity contribution in [2.24, 2.45) is 11.8 Å². The molecule has 2 atom stereocenters. The average molecular weight is 717 g/mol. The Morgan fingerprint density at radius 3 is 1.36 bits per heavy atom. The number of aryl methyl sites for hydroxylation is 4. The third-order valence-electron chi connectivity index (χ3n) is 12.3. The average Bonchev–Trinajstić information content (AvgIpc) is 3.09. The summed E-state index contributed by atoms with van der Waals surface area (Å²) >= 11 is 0. The van der Waals surface area contributed by atoms with Crippen LogP contribution in [-0.2, 0) is 25.8 Å². The van der Waals surface area contributed by atoms with Crippen LogP contribution in [-0.4, -0.2) is 26.2 Å². The van der Waals surface area contributed by atoms with Crippen LogP contribution in [0.25, 0.3) is 0 Å². The van der Waals surface area contributed by atoms with Gasteiger partial charge in [-0.05, 0) is 158 Å². The molecule has 0 amide bonds. The van der Waals surface area contributed by atoms with E-state index in [2.05, 4.69) is 77.9 Å². The maximum Gasteiger partial charge on any atom is 0.308 e. The molecule has 0 saturated heterocycles. The van der Waals surface area contributed by atoms with Crippen molar-refractivity contribution in [1.82, 2.24) is 0 Å². The molecule has 0 spiro atoms. The van der Waals surface area contributed by atoms with Gasteiger partial charge in [0, 0.05) is 19.3 Å². The van der Waals surface area contributed by atoms with Gasteiger partial charge in [0.1, 0.15) is 23.0 Å². The second-order valence-electron chi connectivity index (χ2n) is 16.7. The fourth-order valence-corrected chi connectivity index (χ4v) is 10.4. The van der Waals surface area contributed by atoms with Crippen molar-refractivity contribution in [3.05, 3.63) is 117 Å². The normalized spacial score (nSPS) is 22.8. The van der Waals surface area contributed by atoms with Gasteiger partial charge in [0.05, 0.1) is 14.2 Å². The van der Waals surface area contributed by atoms with Crippen molar-refractivity contribution >= 4 is 11.9 Å². The van der Waals surface area contributed by atoms with E-state index in [1.54, 1.807) is 14.2 Å². The molecule has 0 aliphatic heterocycles. The van der Waals surface area contributed by atoms with Gasteiger partial charge in [0.25, 0.3) is 0 Å². The van der Waals surface area contributed by atoms with E-state index < -0.39 is 0 Å². The fraction of sp³-hybridized carbons (Fsp3) is 0.447. The molecule has 4 bridgehead atoms. The summed E-state index contributed by atoms with van der Waals surface area (Å²) in [4.78, 5) is 22.5. The first kappa shape index (κ1) is 38.2. The molecule has 53 heavy (non-hydrogen) atoms. The number of rotatable bonds is 8. The van der Waals surface area contributed by atoms with E-state index in [0.29, 0.717) is 5.75 Å². The Bertz CT molecular complexity index is 1930. The molecule has 4 aromatic carbocycles. The fourth-order valence-electron chi connectivity index (χ4n) is 10.4. The minimum atomic E-state index is -0.308. The Hall–Kier alpha value is -4.58. The van der Waals surface area contributed by atoms with Crippen LogP contribution < -0.4 is 18.9 Å². The Kier molecular flexibility index (Phi) is 10.6. The van der Waals surface area contributed by atoms with Gasteiger partial charge in [0.2, 0.25) is 0 Å². The molecular weight excluding hydrogens is 661 g/mol. The van der Waals surface area contributed by atoms with Crippen molar-refractivity contribution in [2.75, 3.05) is 14.2 Å². The summed E-state index contributed by atoms with van der Waals surface area (Å²) in [5.74, 6) is 4.22. The molecule has 4 fully saturated rings. The summed E-state index contributed by atoms with van der Waals surface area (Å²) < 4.78 is 21.5. The highest BCUT2D eigenvalue weighted by Crippen LogP contribution is 2.66. The predicted molar refractivity (Wildman–Crippen MR) is 211 cm³/mol. The Morgan fingerprint density at radius 2 is 0.981 bits per heavy atom. The molecule has 4 aromatic rings. The number of esters is 2. The van der Waals surface area contributed by atoms with E-state index in [-0.39, 0.29) is 28.2 Å². The molecule has 0 heterocycles. The van der Waals surface area contributed by atoms with E-state index >= 15 is 0 Å². The number of methoxy groups -OCH3 is 2. The number of benzene rings is 4. The van der Waals surface area contributed by atoms with Crippen LogP contribution in [0.15, 0.2) is 72.8 Å². The summed E-state index contributed by atoms with van der Waals surface area (Å²) in [6.45, 7) is 15.7. The third kappa shape index (κ3) is 7.60. The van der Waals surface area contributed by atoms with Crippen LogP contribution in [0, 0.1) is 39.5 Å². The van der Waals surface area contributed by atoms with Crippen LogP contribution in [0.3, 0.4) is 0 Å². The SMILES string of the molecule is COc1c(C)cc(C23CC4CC(C2)CC(c2cc(C)c(OC(C)=O)c(C)c2)(C4)C3)cc1C.COc1ccc(C(C)(C)c2ccc(OC(C)=O)cc2)cc1. The summed E-state index contributed by atoms with van der Waals surface area (Å²) in [5, 5.41) is 0. The van der Waals surface area contributed by atoms with Crippen LogP contribution in [0.4, 0.5) is 0 Å². The van der Waals surface area contributed by atoms with Crippen molar-refractivity contribution in [3.8, 4) is 23.0 Å². The first-order valence-electron chi connectivity index (χ1n) is 19.0. The van der Waals surface area contributed by atoms with Gasteiger partial charge in [-0.15, -0.1) is 0 Å². The second-order valence-corrected chi connectivity index (χ2v) is 16.7. The van der Waals surface area contributed by atoms with Crippen molar-refractivity contribution < 1.29 is 28.5 Å². The van der Waals surface area contributed by atoms with Gasteiger partial charge in [-0.1, -0.05) is 62.4 Å². The molecule has 0 aromatic heterocycles. The van der Waals surface area contributed by atoms with E-state index in [4.69, 9.17) is 18.9 Å². The molecule has 2 unspecified atom stereocenters. The predicted octanol–water partition coefficient (Wildman–Crippen LogP) is 10.6. The van der Waals surface area contributed by atoms with Crippen molar-refractivity contribution in [1.29, 1.82) is 0 Å². The zero-order valence-corrected chi connectivity index (χ0v) is 33.3.